The maximum absolute atomic E-state index is 6.84. The van der Waals surface area contributed by atoms with Crippen molar-refractivity contribution < 1.29 is 0 Å². The number of rotatable bonds is 5. The van der Waals surface area contributed by atoms with Crippen LogP contribution < -0.4 is 0 Å². The van der Waals surface area contributed by atoms with Crippen molar-refractivity contribution in [1.82, 2.24) is 9.47 Å². The lowest BCUT2D eigenvalue weighted by Crippen LogP contribution is -2.34. The van der Waals surface area contributed by atoms with Gasteiger partial charge in [-0.05, 0) is 56.1 Å². The third-order valence-corrected chi connectivity index (χ3v) is 6.95. The molecule has 158 valence electrons. The summed E-state index contributed by atoms with van der Waals surface area (Å²) in [6.45, 7) is 5.39. The van der Waals surface area contributed by atoms with Crippen LogP contribution in [0.1, 0.15) is 43.4 Å². The largest absolute Gasteiger partial charge is 0.340 e. The summed E-state index contributed by atoms with van der Waals surface area (Å²) in [4.78, 5) is 2.65. The number of aromatic nitrogens is 1. The second-order valence-corrected chi connectivity index (χ2v) is 8.82. The van der Waals surface area contributed by atoms with Gasteiger partial charge in [0.15, 0.2) is 0 Å². The molecule has 31 heavy (non-hydrogen) atoms. The molecule has 1 aromatic heterocycles. The van der Waals surface area contributed by atoms with Crippen LogP contribution in [0.15, 0.2) is 78.9 Å². The predicted octanol–water partition coefficient (Wildman–Crippen LogP) is 7.56. The van der Waals surface area contributed by atoms with Crippen LogP contribution in [0.3, 0.4) is 0 Å². The molecule has 5 rings (SSSR count). The molecule has 0 spiro atoms. The van der Waals surface area contributed by atoms with Crippen molar-refractivity contribution in [2.24, 2.45) is 0 Å². The van der Waals surface area contributed by atoms with E-state index in [1.165, 1.54) is 52.5 Å². The van der Waals surface area contributed by atoms with Crippen molar-refractivity contribution in [3.63, 3.8) is 0 Å². The van der Waals surface area contributed by atoms with E-state index >= 15 is 0 Å². The van der Waals surface area contributed by atoms with Crippen LogP contribution in [0.4, 0.5) is 0 Å². The highest BCUT2D eigenvalue weighted by Crippen LogP contribution is 2.44. The zero-order valence-electron chi connectivity index (χ0n) is 18.1. The number of piperidine rings is 1. The summed E-state index contributed by atoms with van der Waals surface area (Å²) in [7, 11) is 0. The minimum atomic E-state index is 0.141. The first-order valence-electron chi connectivity index (χ1n) is 11.4. The lowest BCUT2D eigenvalue weighted by molar-refractivity contribution is 0.188. The molecule has 4 aromatic rings. The van der Waals surface area contributed by atoms with Crippen LogP contribution in [-0.4, -0.2) is 22.6 Å². The lowest BCUT2D eigenvalue weighted by Gasteiger charge is -2.36. The SMILES string of the molecule is CCn1c(-c2ccccc2)c(C(c2ccccc2Cl)N2CCCCC2)c2ccccc21. The summed E-state index contributed by atoms with van der Waals surface area (Å²) in [5.74, 6) is 0. The quantitative estimate of drug-likeness (QED) is 0.318. The van der Waals surface area contributed by atoms with Crippen LogP contribution in [0.2, 0.25) is 5.02 Å². The monoisotopic (exact) mass is 428 g/mol. The molecule has 1 saturated heterocycles. The Bertz CT molecular complexity index is 1170. The molecule has 0 N–H and O–H groups in total. The molecule has 0 bridgehead atoms. The fourth-order valence-electron chi connectivity index (χ4n) is 5.25. The summed E-state index contributed by atoms with van der Waals surface area (Å²) in [6, 6.07) is 28.3. The normalized spacial score (nSPS) is 15.9. The summed E-state index contributed by atoms with van der Waals surface area (Å²) in [6.07, 6.45) is 3.80. The van der Waals surface area contributed by atoms with Crippen LogP contribution in [0, 0.1) is 0 Å². The molecule has 2 nitrogen and oxygen atoms in total. The smallest absolute Gasteiger partial charge is 0.0644 e. The average molecular weight is 429 g/mol. The number of benzene rings is 3. The van der Waals surface area contributed by atoms with Gasteiger partial charge in [0.25, 0.3) is 0 Å². The van der Waals surface area contributed by atoms with Gasteiger partial charge >= 0.3 is 0 Å². The van der Waals surface area contributed by atoms with Gasteiger partial charge in [0.1, 0.15) is 0 Å². The first-order valence-corrected chi connectivity index (χ1v) is 11.8. The second kappa shape index (κ2) is 8.90. The molecule has 2 heterocycles. The Kier molecular flexibility index (Phi) is 5.85. The molecule has 3 aromatic carbocycles. The molecule has 0 aliphatic carbocycles. The van der Waals surface area contributed by atoms with Gasteiger partial charge in [-0.25, -0.2) is 0 Å². The van der Waals surface area contributed by atoms with E-state index in [2.05, 4.69) is 83.1 Å². The Morgan fingerprint density at radius 1 is 0.806 bits per heavy atom. The number of fused-ring (bicyclic) bond motifs is 1. The number of likely N-dealkylation sites (tertiary alicyclic amines) is 1. The number of hydrogen-bond donors (Lipinski definition) is 0. The van der Waals surface area contributed by atoms with Crippen LogP contribution in [0.25, 0.3) is 22.2 Å². The van der Waals surface area contributed by atoms with E-state index < -0.39 is 0 Å². The topological polar surface area (TPSA) is 8.17 Å². The van der Waals surface area contributed by atoms with E-state index in [1.54, 1.807) is 0 Å². The maximum atomic E-state index is 6.84. The van der Waals surface area contributed by atoms with Gasteiger partial charge < -0.3 is 4.57 Å². The molecule has 1 fully saturated rings. The number of aryl methyl sites for hydroxylation is 1. The number of nitrogens with zero attached hydrogens (tertiary/aromatic N) is 2. The fraction of sp³-hybridized carbons (Fsp3) is 0.286. The third kappa shape index (κ3) is 3.69. The predicted molar refractivity (Wildman–Crippen MR) is 132 cm³/mol. The summed E-state index contributed by atoms with van der Waals surface area (Å²) in [5.41, 5.74) is 6.48. The second-order valence-electron chi connectivity index (χ2n) is 8.41. The highest BCUT2D eigenvalue weighted by molar-refractivity contribution is 6.31. The highest BCUT2D eigenvalue weighted by Gasteiger charge is 2.32. The highest BCUT2D eigenvalue weighted by atomic mass is 35.5. The van der Waals surface area contributed by atoms with Crippen molar-refractivity contribution in [2.45, 2.75) is 38.8 Å². The van der Waals surface area contributed by atoms with Crippen molar-refractivity contribution >= 4 is 22.5 Å². The number of para-hydroxylation sites is 1. The van der Waals surface area contributed by atoms with Gasteiger partial charge in [-0.15, -0.1) is 0 Å². The van der Waals surface area contributed by atoms with Gasteiger partial charge in [0.2, 0.25) is 0 Å². The van der Waals surface area contributed by atoms with Crippen LogP contribution in [0.5, 0.6) is 0 Å². The first kappa shape index (κ1) is 20.4. The summed E-state index contributed by atoms with van der Waals surface area (Å²) in [5, 5.41) is 2.18. The van der Waals surface area contributed by atoms with E-state index in [9.17, 15) is 0 Å². The van der Waals surface area contributed by atoms with Gasteiger partial charge in [0, 0.05) is 28.0 Å². The molecule has 1 aliphatic rings. The number of hydrogen-bond acceptors (Lipinski definition) is 1. The van der Waals surface area contributed by atoms with E-state index in [0.29, 0.717) is 0 Å². The van der Waals surface area contributed by atoms with Crippen molar-refractivity contribution in [3.05, 3.63) is 95.0 Å². The molecular formula is C28H29ClN2. The molecule has 1 aliphatic heterocycles. The minimum Gasteiger partial charge on any atom is -0.340 e. The van der Waals surface area contributed by atoms with Crippen molar-refractivity contribution in [2.75, 3.05) is 13.1 Å². The molecule has 1 unspecified atom stereocenters. The standard InChI is InChI=1S/C28H29ClN2/c1-2-31-25-18-10-8-16-23(25)26(27(31)21-13-5-3-6-14-21)28(30-19-11-4-12-20-30)22-15-7-9-17-24(22)29/h3,5-10,13-18,28H,2,4,11-12,19-20H2,1H3. The Balaban J connectivity index is 1.85. The lowest BCUT2D eigenvalue weighted by atomic mass is 9.91. The van der Waals surface area contributed by atoms with Gasteiger partial charge in [0.05, 0.1) is 11.7 Å². The van der Waals surface area contributed by atoms with Gasteiger partial charge in [-0.2, -0.15) is 0 Å². The average Bonchev–Trinajstić information content (AvgIpc) is 3.16. The van der Waals surface area contributed by atoms with Crippen molar-refractivity contribution in [1.29, 1.82) is 0 Å². The van der Waals surface area contributed by atoms with Crippen LogP contribution >= 0.6 is 11.6 Å². The number of halogens is 1. The van der Waals surface area contributed by atoms with E-state index in [4.69, 9.17) is 11.6 Å². The minimum absolute atomic E-state index is 0.141. The zero-order chi connectivity index (χ0) is 21.2. The molecular weight excluding hydrogens is 400 g/mol. The van der Waals surface area contributed by atoms with Gasteiger partial charge in [-0.3, -0.25) is 4.90 Å². The molecule has 0 radical (unpaired) electrons. The molecule has 3 heteroatoms. The van der Waals surface area contributed by atoms with E-state index in [0.717, 1.165) is 24.7 Å². The molecule has 1 atom stereocenters. The Morgan fingerprint density at radius 3 is 2.23 bits per heavy atom. The first-order chi connectivity index (χ1) is 15.3. The van der Waals surface area contributed by atoms with Gasteiger partial charge in [-0.1, -0.05) is 84.8 Å². The van der Waals surface area contributed by atoms with E-state index in [1.807, 2.05) is 12.1 Å². The fourth-order valence-corrected chi connectivity index (χ4v) is 5.49. The summed E-state index contributed by atoms with van der Waals surface area (Å²) >= 11 is 6.84. The van der Waals surface area contributed by atoms with Crippen LogP contribution in [-0.2, 0) is 6.54 Å². The van der Waals surface area contributed by atoms with Crippen molar-refractivity contribution in [3.8, 4) is 11.3 Å². The maximum Gasteiger partial charge on any atom is 0.0644 e. The Hall–Kier alpha value is -2.55. The third-order valence-electron chi connectivity index (χ3n) is 6.60. The molecule has 0 amide bonds. The molecule has 0 saturated carbocycles. The Morgan fingerprint density at radius 2 is 1.48 bits per heavy atom. The summed E-state index contributed by atoms with van der Waals surface area (Å²) < 4.78 is 2.48. The zero-order valence-corrected chi connectivity index (χ0v) is 18.9. The van der Waals surface area contributed by atoms with E-state index in [-0.39, 0.29) is 6.04 Å². The Labute approximate surface area is 190 Å².